The second-order valence-corrected chi connectivity index (χ2v) is 6.56. The molecule has 104 valence electrons. The Morgan fingerprint density at radius 1 is 1.11 bits per heavy atom. The quantitative estimate of drug-likeness (QED) is 0.854. The van der Waals surface area contributed by atoms with Gasteiger partial charge in [-0.25, -0.2) is 4.98 Å². The van der Waals surface area contributed by atoms with Crippen LogP contribution < -0.4 is 10.5 Å². The summed E-state index contributed by atoms with van der Waals surface area (Å²) in [6, 6.07) is 0. The molecule has 0 bridgehead atoms. The molecule has 0 saturated heterocycles. The van der Waals surface area contributed by atoms with Crippen molar-refractivity contribution in [1.82, 2.24) is 19.5 Å². The Hall–Kier alpha value is -1.85. The van der Waals surface area contributed by atoms with Crippen LogP contribution in [-0.2, 0) is 5.54 Å². The maximum atomic E-state index is 5.81. The number of hydrogen-bond donors (Lipinski definition) is 1. The van der Waals surface area contributed by atoms with Crippen molar-refractivity contribution in [2.45, 2.75) is 52.7 Å². The van der Waals surface area contributed by atoms with Crippen molar-refractivity contribution in [2.75, 3.05) is 5.73 Å². The van der Waals surface area contributed by atoms with Crippen LogP contribution in [0.4, 0.5) is 5.95 Å². The van der Waals surface area contributed by atoms with Gasteiger partial charge in [0, 0.05) is 5.54 Å². The van der Waals surface area contributed by atoms with Gasteiger partial charge in [-0.3, -0.25) is 0 Å². The summed E-state index contributed by atoms with van der Waals surface area (Å²) in [5.41, 5.74) is 6.61. The van der Waals surface area contributed by atoms with Gasteiger partial charge in [0.1, 0.15) is 5.60 Å². The van der Waals surface area contributed by atoms with Crippen LogP contribution in [-0.4, -0.2) is 25.1 Å². The minimum Gasteiger partial charge on any atom is -0.470 e. The summed E-state index contributed by atoms with van der Waals surface area (Å²) in [5.74, 6) is 0.621. The van der Waals surface area contributed by atoms with Gasteiger partial charge in [-0.2, -0.15) is 9.97 Å². The van der Waals surface area contributed by atoms with E-state index in [1.54, 1.807) is 6.33 Å². The molecule has 0 aromatic carbocycles. The van der Waals surface area contributed by atoms with E-state index in [4.69, 9.17) is 10.5 Å². The van der Waals surface area contributed by atoms with Gasteiger partial charge in [-0.15, -0.1) is 0 Å². The molecule has 0 atom stereocenters. The zero-order valence-corrected chi connectivity index (χ0v) is 12.4. The van der Waals surface area contributed by atoms with Crippen LogP contribution in [0.1, 0.15) is 41.5 Å². The first-order valence-corrected chi connectivity index (χ1v) is 6.28. The zero-order chi connectivity index (χ0) is 14.4. The average Bonchev–Trinajstić information content (AvgIpc) is 2.57. The number of imidazole rings is 1. The Morgan fingerprint density at radius 3 is 2.26 bits per heavy atom. The molecule has 2 aromatic heterocycles. The zero-order valence-electron chi connectivity index (χ0n) is 12.4. The molecular weight excluding hydrogens is 242 g/mol. The first kappa shape index (κ1) is 13.6. The molecular formula is C13H21N5O. The van der Waals surface area contributed by atoms with Crippen molar-refractivity contribution < 1.29 is 4.74 Å². The van der Waals surface area contributed by atoms with Crippen molar-refractivity contribution in [3.05, 3.63) is 6.33 Å². The Balaban J connectivity index is 2.65. The average molecular weight is 263 g/mol. The molecule has 0 aliphatic rings. The molecule has 0 unspecified atom stereocenters. The number of nitrogens with two attached hydrogens (primary N) is 1. The largest absolute Gasteiger partial charge is 0.470 e. The summed E-state index contributed by atoms with van der Waals surface area (Å²) in [4.78, 5) is 12.8. The predicted octanol–water partition coefficient (Wildman–Crippen LogP) is 2.34. The maximum absolute atomic E-state index is 5.81. The Labute approximate surface area is 113 Å². The fourth-order valence-electron chi connectivity index (χ4n) is 1.74. The van der Waals surface area contributed by atoms with Crippen LogP contribution in [0, 0.1) is 0 Å². The van der Waals surface area contributed by atoms with Crippen molar-refractivity contribution in [3.63, 3.8) is 0 Å². The summed E-state index contributed by atoms with van der Waals surface area (Å²) in [6.07, 6.45) is 1.74. The summed E-state index contributed by atoms with van der Waals surface area (Å²) >= 11 is 0. The van der Waals surface area contributed by atoms with Gasteiger partial charge in [0.25, 0.3) is 0 Å². The van der Waals surface area contributed by atoms with Crippen molar-refractivity contribution in [1.29, 1.82) is 0 Å². The Kier molecular flexibility index (Phi) is 2.91. The number of rotatable bonds is 1. The van der Waals surface area contributed by atoms with E-state index in [2.05, 4.69) is 35.7 Å². The number of aromatic nitrogens is 4. The van der Waals surface area contributed by atoms with E-state index in [0.29, 0.717) is 17.0 Å². The van der Waals surface area contributed by atoms with Crippen molar-refractivity contribution in [2.24, 2.45) is 0 Å². The van der Waals surface area contributed by atoms with Crippen LogP contribution >= 0.6 is 0 Å². The highest BCUT2D eigenvalue weighted by atomic mass is 16.5. The van der Waals surface area contributed by atoms with Gasteiger partial charge in [-0.05, 0) is 41.5 Å². The Bertz CT molecular complexity index is 604. The van der Waals surface area contributed by atoms with E-state index >= 15 is 0 Å². The SMILES string of the molecule is CC(C)(C)Oc1nc(N)nc2c1ncn2C(C)(C)C. The number of ether oxygens (including phenoxy) is 1. The molecule has 0 fully saturated rings. The lowest BCUT2D eigenvalue weighted by molar-refractivity contribution is 0.126. The van der Waals surface area contributed by atoms with Crippen LogP contribution in [0.15, 0.2) is 6.33 Å². The minimum atomic E-state index is -0.362. The summed E-state index contributed by atoms with van der Waals surface area (Å²) in [6.45, 7) is 12.1. The number of anilines is 1. The normalized spacial score (nSPS) is 12.9. The molecule has 0 radical (unpaired) electrons. The first-order valence-electron chi connectivity index (χ1n) is 6.28. The highest BCUT2D eigenvalue weighted by molar-refractivity contribution is 5.77. The third-order valence-electron chi connectivity index (χ3n) is 2.51. The molecule has 19 heavy (non-hydrogen) atoms. The molecule has 0 aliphatic heterocycles. The van der Waals surface area contributed by atoms with Gasteiger partial charge in [0.15, 0.2) is 11.2 Å². The second kappa shape index (κ2) is 4.08. The molecule has 0 amide bonds. The van der Waals surface area contributed by atoms with E-state index in [9.17, 15) is 0 Å². The monoisotopic (exact) mass is 263 g/mol. The molecule has 2 N–H and O–H groups in total. The van der Waals surface area contributed by atoms with Gasteiger partial charge in [-0.1, -0.05) is 0 Å². The molecule has 6 nitrogen and oxygen atoms in total. The fourth-order valence-corrected chi connectivity index (χ4v) is 1.74. The summed E-state index contributed by atoms with van der Waals surface area (Å²) in [5, 5.41) is 0. The molecule has 6 heteroatoms. The van der Waals surface area contributed by atoms with Crippen molar-refractivity contribution in [3.8, 4) is 5.88 Å². The third kappa shape index (κ3) is 2.77. The van der Waals surface area contributed by atoms with E-state index in [1.165, 1.54) is 0 Å². The summed E-state index contributed by atoms with van der Waals surface area (Å²) in [7, 11) is 0. The number of nitrogen functional groups attached to an aromatic ring is 1. The summed E-state index contributed by atoms with van der Waals surface area (Å²) < 4.78 is 7.78. The predicted molar refractivity (Wildman–Crippen MR) is 75.1 cm³/mol. The molecule has 0 saturated carbocycles. The van der Waals surface area contributed by atoms with Crippen LogP contribution in [0.2, 0.25) is 0 Å². The van der Waals surface area contributed by atoms with Crippen LogP contribution in [0.5, 0.6) is 5.88 Å². The maximum Gasteiger partial charge on any atom is 0.247 e. The molecule has 0 spiro atoms. The van der Waals surface area contributed by atoms with E-state index in [1.807, 2.05) is 25.3 Å². The smallest absolute Gasteiger partial charge is 0.247 e. The van der Waals surface area contributed by atoms with Gasteiger partial charge in [0.2, 0.25) is 11.8 Å². The minimum absolute atomic E-state index is 0.130. The van der Waals surface area contributed by atoms with Gasteiger partial charge < -0.3 is 15.0 Å². The molecule has 0 aliphatic carbocycles. The molecule has 2 rings (SSSR count). The lowest BCUT2D eigenvalue weighted by Crippen LogP contribution is -2.24. The lowest BCUT2D eigenvalue weighted by atomic mass is 10.1. The highest BCUT2D eigenvalue weighted by Gasteiger charge is 2.23. The van der Waals surface area contributed by atoms with E-state index < -0.39 is 0 Å². The fraction of sp³-hybridized carbons (Fsp3) is 0.615. The number of nitrogens with zero attached hydrogens (tertiary/aromatic N) is 4. The Morgan fingerprint density at radius 2 is 1.74 bits per heavy atom. The van der Waals surface area contributed by atoms with Crippen LogP contribution in [0.3, 0.4) is 0 Å². The van der Waals surface area contributed by atoms with Crippen molar-refractivity contribution >= 4 is 17.1 Å². The van der Waals surface area contributed by atoms with E-state index in [-0.39, 0.29) is 17.1 Å². The lowest BCUT2D eigenvalue weighted by Gasteiger charge is -2.22. The first-order chi connectivity index (χ1) is 8.58. The van der Waals surface area contributed by atoms with Crippen LogP contribution in [0.25, 0.3) is 11.2 Å². The highest BCUT2D eigenvalue weighted by Crippen LogP contribution is 2.28. The third-order valence-corrected chi connectivity index (χ3v) is 2.51. The molecule has 2 heterocycles. The topological polar surface area (TPSA) is 78.8 Å². The van der Waals surface area contributed by atoms with E-state index in [0.717, 1.165) is 0 Å². The van der Waals surface area contributed by atoms with Gasteiger partial charge in [0.05, 0.1) is 6.33 Å². The standard InChI is InChI=1S/C13H21N5O/c1-12(2,3)18-7-15-8-9(18)16-11(14)17-10(8)19-13(4,5)6/h7H,1-6H3,(H2,14,16,17). The second-order valence-electron chi connectivity index (χ2n) is 6.56. The number of fused-ring (bicyclic) bond motifs is 1. The van der Waals surface area contributed by atoms with Gasteiger partial charge >= 0.3 is 0 Å². The number of hydrogen-bond acceptors (Lipinski definition) is 5. The molecule has 2 aromatic rings.